The highest BCUT2D eigenvalue weighted by Crippen LogP contribution is 2.45. The third-order valence-corrected chi connectivity index (χ3v) is 5.71. The largest absolute Gasteiger partial charge is 0.481 e. The molecule has 0 spiro atoms. The van der Waals surface area contributed by atoms with Crippen LogP contribution in [0.25, 0.3) is 0 Å². The molecule has 2 saturated heterocycles. The van der Waals surface area contributed by atoms with Crippen molar-refractivity contribution in [3.8, 4) is 0 Å². The maximum absolute atomic E-state index is 11.6. The number of carboxylic acid groups (broad SMARTS) is 1. The number of hydrogen-bond donors (Lipinski definition) is 3. The minimum absolute atomic E-state index is 0.0222. The molecule has 20 heavy (non-hydrogen) atoms. The number of thioether (sulfide) groups is 1. The van der Waals surface area contributed by atoms with E-state index in [1.165, 1.54) is 11.8 Å². The van der Waals surface area contributed by atoms with E-state index in [0.29, 0.717) is 6.42 Å². The first-order valence-corrected chi connectivity index (χ1v) is 8.02. The summed E-state index contributed by atoms with van der Waals surface area (Å²) in [4.78, 5) is 24.7. The molecular formula is C13H22N2O4S. The lowest BCUT2D eigenvalue weighted by molar-refractivity contribution is -0.160. The van der Waals surface area contributed by atoms with Crippen molar-refractivity contribution < 1.29 is 19.8 Å². The van der Waals surface area contributed by atoms with E-state index in [9.17, 15) is 19.8 Å². The van der Waals surface area contributed by atoms with Gasteiger partial charge in [-0.05, 0) is 13.0 Å². The Morgan fingerprint density at radius 1 is 1.55 bits per heavy atom. The highest BCUT2D eigenvalue weighted by molar-refractivity contribution is 8.00. The number of nitrogens with zero attached hydrogens (tertiary/aromatic N) is 1. The van der Waals surface area contributed by atoms with Gasteiger partial charge in [0.1, 0.15) is 5.41 Å². The molecule has 0 bridgehead atoms. The Hall–Kier alpha value is -0.790. The number of rotatable bonds is 7. The van der Waals surface area contributed by atoms with Gasteiger partial charge in [-0.1, -0.05) is 19.8 Å². The normalized spacial score (nSPS) is 32.7. The van der Waals surface area contributed by atoms with E-state index < -0.39 is 18.0 Å². The van der Waals surface area contributed by atoms with Crippen LogP contribution in [-0.4, -0.2) is 57.4 Å². The summed E-state index contributed by atoms with van der Waals surface area (Å²) in [6.07, 6.45) is 3.66. The Balaban J connectivity index is 2.05. The molecule has 0 radical (unpaired) electrons. The molecule has 2 aliphatic heterocycles. The van der Waals surface area contributed by atoms with Crippen LogP contribution < -0.4 is 5.32 Å². The number of fused-ring (bicyclic) bond motifs is 1. The molecule has 2 aliphatic rings. The van der Waals surface area contributed by atoms with Gasteiger partial charge in [-0.25, -0.2) is 0 Å². The molecule has 1 amide bonds. The first kappa shape index (κ1) is 15.6. The SMILES string of the molecule is CCCCCNC1S[C@@H]2CC(=O)N2CC1(CO)C(=O)O. The summed E-state index contributed by atoms with van der Waals surface area (Å²) in [5, 5.41) is 22.1. The molecule has 0 aliphatic carbocycles. The number of amides is 1. The number of aliphatic hydroxyl groups is 1. The van der Waals surface area contributed by atoms with Crippen LogP contribution >= 0.6 is 11.8 Å². The van der Waals surface area contributed by atoms with Gasteiger partial charge in [0.05, 0.1) is 23.8 Å². The standard InChI is InChI=1S/C13H22N2O4S/c1-2-3-4-5-14-11-13(8-16,12(18)19)7-15-9(17)6-10(15)20-11/h10-11,14,16H,2-8H2,1H3,(H,18,19)/t10-,11?,13?/m1/s1. The number of carbonyl (C=O) groups is 2. The van der Waals surface area contributed by atoms with Crippen molar-refractivity contribution in [3.05, 3.63) is 0 Å². The lowest BCUT2D eigenvalue weighted by Crippen LogP contribution is -2.67. The maximum Gasteiger partial charge on any atom is 0.316 e. The van der Waals surface area contributed by atoms with E-state index in [0.717, 1.165) is 25.8 Å². The smallest absolute Gasteiger partial charge is 0.316 e. The Bertz CT molecular complexity index is 393. The first-order chi connectivity index (χ1) is 9.55. The zero-order valence-corrected chi connectivity index (χ0v) is 12.5. The van der Waals surface area contributed by atoms with Gasteiger partial charge in [-0.3, -0.25) is 9.59 Å². The second-order valence-electron chi connectivity index (χ2n) is 5.48. The second kappa shape index (κ2) is 6.32. The van der Waals surface area contributed by atoms with Crippen LogP contribution in [0.3, 0.4) is 0 Å². The number of β-lactam (4-membered cyclic amide) rings is 1. The number of carbonyl (C=O) groups excluding carboxylic acids is 1. The average Bonchev–Trinajstić information content (AvgIpc) is 2.42. The van der Waals surface area contributed by atoms with E-state index in [4.69, 9.17) is 0 Å². The van der Waals surface area contributed by atoms with Crippen LogP contribution in [0.1, 0.15) is 32.6 Å². The van der Waals surface area contributed by atoms with Crippen molar-refractivity contribution in [1.82, 2.24) is 10.2 Å². The summed E-state index contributed by atoms with van der Waals surface area (Å²) < 4.78 is 0. The third-order valence-electron chi connectivity index (χ3n) is 4.08. The number of carboxylic acids is 1. The van der Waals surface area contributed by atoms with Crippen molar-refractivity contribution in [3.63, 3.8) is 0 Å². The van der Waals surface area contributed by atoms with E-state index in [1.807, 2.05) is 0 Å². The Labute approximate surface area is 122 Å². The van der Waals surface area contributed by atoms with Crippen molar-refractivity contribution in [2.45, 2.75) is 43.4 Å². The molecule has 114 valence electrons. The maximum atomic E-state index is 11.6. The fourth-order valence-corrected chi connectivity index (χ4v) is 4.26. The summed E-state index contributed by atoms with van der Waals surface area (Å²) in [7, 11) is 0. The van der Waals surface area contributed by atoms with Gasteiger partial charge in [0.2, 0.25) is 5.91 Å². The van der Waals surface area contributed by atoms with Crippen LogP contribution in [0.4, 0.5) is 0 Å². The Morgan fingerprint density at radius 2 is 2.30 bits per heavy atom. The first-order valence-electron chi connectivity index (χ1n) is 7.07. The lowest BCUT2D eigenvalue weighted by Gasteiger charge is -2.53. The highest BCUT2D eigenvalue weighted by atomic mass is 32.2. The molecule has 0 aromatic heterocycles. The molecule has 0 saturated carbocycles. The molecule has 2 fully saturated rings. The third kappa shape index (κ3) is 2.66. The summed E-state index contributed by atoms with van der Waals surface area (Å²) >= 11 is 1.46. The second-order valence-corrected chi connectivity index (χ2v) is 6.76. The van der Waals surface area contributed by atoms with Crippen LogP contribution in [-0.2, 0) is 9.59 Å². The fraction of sp³-hybridized carbons (Fsp3) is 0.846. The van der Waals surface area contributed by atoms with Gasteiger partial charge in [-0.2, -0.15) is 0 Å². The van der Waals surface area contributed by atoms with Gasteiger partial charge in [-0.15, -0.1) is 11.8 Å². The van der Waals surface area contributed by atoms with Gasteiger partial charge < -0.3 is 20.4 Å². The van der Waals surface area contributed by atoms with Crippen molar-refractivity contribution in [2.75, 3.05) is 19.7 Å². The number of aliphatic carboxylic acids is 1. The lowest BCUT2D eigenvalue weighted by atomic mass is 9.86. The van der Waals surface area contributed by atoms with E-state index in [1.54, 1.807) is 4.90 Å². The summed E-state index contributed by atoms with van der Waals surface area (Å²) in [6.45, 7) is 2.49. The molecule has 2 unspecified atom stereocenters. The number of aliphatic hydroxyl groups excluding tert-OH is 1. The quantitative estimate of drug-likeness (QED) is 0.468. The number of nitrogens with one attached hydrogen (secondary N) is 1. The molecule has 0 aromatic carbocycles. The summed E-state index contributed by atoms with van der Waals surface area (Å²) in [6, 6.07) is 0. The zero-order chi connectivity index (χ0) is 14.8. The topological polar surface area (TPSA) is 89.9 Å². The molecule has 0 aromatic rings. The van der Waals surface area contributed by atoms with Crippen molar-refractivity contribution in [2.24, 2.45) is 5.41 Å². The number of hydrogen-bond acceptors (Lipinski definition) is 5. The van der Waals surface area contributed by atoms with E-state index >= 15 is 0 Å². The summed E-state index contributed by atoms with van der Waals surface area (Å²) in [5.74, 6) is -1.07. The van der Waals surface area contributed by atoms with Crippen molar-refractivity contribution >= 4 is 23.6 Å². The van der Waals surface area contributed by atoms with Gasteiger partial charge >= 0.3 is 5.97 Å². The number of unbranched alkanes of at least 4 members (excludes halogenated alkanes) is 2. The Kier molecular flexibility index (Phi) is 4.93. The molecule has 2 heterocycles. The molecule has 3 atom stereocenters. The highest BCUT2D eigenvalue weighted by Gasteiger charge is 2.57. The molecular weight excluding hydrogens is 280 g/mol. The van der Waals surface area contributed by atoms with Crippen LogP contribution in [0, 0.1) is 5.41 Å². The predicted octanol–water partition coefficient (Wildman–Crippen LogP) is 0.461. The summed E-state index contributed by atoms with van der Waals surface area (Å²) in [5.41, 5.74) is -1.30. The molecule has 2 rings (SSSR count). The predicted molar refractivity (Wildman–Crippen MR) is 76.2 cm³/mol. The van der Waals surface area contributed by atoms with Crippen molar-refractivity contribution in [1.29, 1.82) is 0 Å². The van der Waals surface area contributed by atoms with E-state index in [-0.39, 0.29) is 23.2 Å². The molecule has 7 heteroatoms. The van der Waals surface area contributed by atoms with Gasteiger partial charge in [0.15, 0.2) is 0 Å². The van der Waals surface area contributed by atoms with Crippen LogP contribution in [0.5, 0.6) is 0 Å². The minimum Gasteiger partial charge on any atom is -0.481 e. The molecule has 6 nitrogen and oxygen atoms in total. The zero-order valence-electron chi connectivity index (χ0n) is 11.7. The van der Waals surface area contributed by atoms with Gasteiger partial charge in [0, 0.05) is 6.54 Å². The molecule has 3 N–H and O–H groups in total. The van der Waals surface area contributed by atoms with Crippen LogP contribution in [0.15, 0.2) is 0 Å². The fourth-order valence-electron chi connectivity index (χ4n) is 2.64. The minimum atomic E-state index is -1.30. The van der Waals surface area contributed by atoms with E-state index in [2.05, 4.69) is 12.2 Å². The van der Waals surface area contributed by atoms with Crippen LogP contribution in [0.2, 0.25) is 0 Å². The Morgan fingerprint density at radius 3 is 2.85 bits per heavy atom. The monoisotopic (exact) mass is 302 g/mol. The van der Waals surface area contributed by atoms with Gasteiger partial charge in [0.25, 0.3) is 0 Å². The average molecular weight is 302 g/mol.